The van der Waals surface area contributed by atoms with Gasteiger partial charge in [0.1, 0.15) is 5.82 Å². The minimum Gasteiger partial charge on any atom is -0.349 e. The van der Waals surface area contributed by atoms with Crippen molar-refractivity contribution >= 4 is 16.8 Å². The molecule has 1 heterocycles. The first-order valence-corrected chi connectivity index (χ1v) is 10.8. The number of rotatable bonds is 3. The van der Waals surface area contributed by atoms with Crippen molar-refractivity contribution in [1.82, 2.24) is 10.3 Å². The van der Waals surface area contributed by atoms with Crippen LogP contribution in [-0.2, 0) is 6.18 Å². The first-order valence-electron chi connectivity index (χ1n) is 10.8. The second-order valence-corrected chi connectivity index (χ2v) is 9.00. The maximum atomic E-state index is 13.8. The Balaban J connectivity index is 1.22. The van der Waals surface area contributed by atoms with Crippen molar-refractivity contribution in [3.05, 3.63) is 77.2 Å². The van der Waals surface area contributed by atoms with Crippen molar-refractivity contribution in [1.29, 1.82) is 0 Å². The maximum Gasteiger partial charge on any atom is 0.416 e. The van der Waals surface area contributed by atoms with Gasteiger partial charge in [0.2, 0.25) is 0 Å². The highest BCUT2D eigenvalue weighted by molar-refractivity contribution is 5.94. The summed E-state index contributed by atoms with van der Waals surface area (Å²) in [5.74, 6) is -0.287. The van der Waals surface area contributed by atoms with Crippen LogP contribution in [0.3, 0.4) is 0 Å². The van der Waals surface area contributed by atoms with Gasteiger partial charge in [-0.2, -0.15) is 13.2 Å². The Kier molecular flexibility index (Phi) is 4.95. The number of halogens is 4. The van der Waals surface area contributed by atoms with Crippen LogP contribution in [-0.4, -0.2) is 16.9 Å². The molecule has 0 radical (unpaired) electrons. The summed E-state index contributed by atoms with van der Waals surface area (Å²) in [6, 6.07) is 11.0. The summed E-state index contributed by atoms with van der Waals surface area (Å²) in [5, 5.41) is 3.86. The second kappa shape index (κ2) is 7.57. The van der Waals surface area contributed by atoms with E-state index in [1.54, 1.807) is 18.3 Å². The van der Waals surface area contributed by atoms with Gasteiger partial charge in [-0.15, -0.1) is 0 Å². The molecule has 3 nitrogen and oxygen atoms in total. The highest BCUT2D eigenvalue weighted by Crippen LogP contribution is 2.59. The number of carbonyl (C=O) groups is 1. The van der Waals surface area contributed by atoms with Gasteiger partial charge in [0, 0.05) is 23.2 Å². The molecule has 166 valence electrons. The summed E-state index contributed by atoms with van der Waals surface area (Å²) in [5.41, 5.74) is 1.44. The number of pyridine rings is 1. The molecule has 0 saturated heterocycles. The molecule has 5 rings (SSSR count). The number of hydrogen-bond donors (Lipinski definition) is 1. The van der Waals surface area contributed by atoms with Crippen LogP contribution in [0.1, 0.15) is 59.5 Å². The standard InChI is InChI=1S/C25H22F4N2O/c26-18-5-6-21-20(13-18)19(9-12-30-21)15-7-10-24(11-8-15)14-22(24)31-23(32)16-1-3-17(4-2-16)25(27,28)29/h1-6,9,12-13,15,22H,7-8,10-11,14H2,(H,31,32)/t15-,22-,24+/m0/s1. The van der Waals surface area contributed by atoms with E-state index in [0.717, 1.165) is 60.7 Å². The van der Waals surface area contributed by atoms with Crippen molar-refractivity contribution < 1.29 is 22.4 Å². The molecule has 1 amide bonds. The molecule has 1 atom stereocenters. The van der Waals surface area contributed by atoms with Gasteiger partial charge in [0.05, 0.1) is 11.1 Å². The molecular formula is C25H22F4N2O. The van der Waals surface area contributed by atoms with Crippen LogP contribution in [0.4, 0.5) is 17.6 Å². The highest BCUT2D eigenvalue weighted by Gasteiger charge is 2.55. The van der Waals surface area contributed by atoms with Gasteiger partial charge in [-0.25, -0.2) is 4.39 Å². The molecule has 1 aromatic heterocycles. The van der Waals surface area contributed by atoms with E-state index in [0.29, 0.717) is 5.92 Å². The highest BCUT2D eigenvalue weighted by atomic mass is 19.4. The number of amides is 1. The summed E-state index contributed by atoms with van der Waals surface area (Å²) < 4.78 is 51.9. The van der Waals surface area contributed by atoms with E-state index in [4.69, 9.17) is 0 Å². The quantitative estimate of drug-likeness (QED) is 0.488. The molecule has 0 unspecified atom stereocenters. The van der Waals surface area contributed by atoms with Crippen molar-refractivity contribution in [2.24, 2.45) is 5.41 Å². The lowest BCUT2D eigenvalue weighted by molar-refractivity contribution is -0.137. The number of carbonyl (C=O) groups excluding carboxylic acids is 1. The zero-order valence-corrected chi connectivity index (χ0v) is 17.3. The summed E-state index contributed by atoms with van der Waals surface area (Å²) in [7, 11) is 0. The third-order valence-electron chi connectivity index (χ3n) is 7.13. The minimum absolute atomic E-state index is 0.0462. The van der Waals surface area contributed by atoms with Crippen LogP contribution in [0.15, 0.2) is 54.7 Å². The number of aromatic nitrogens is 1. The molecule has 2 aromatic carbocycles. The maximum absolute atomic E-state index is 13.8. The summed E-state index contributed by atoms with van der Waals surface area (Å²) >= 11 is 0. The van der Waals surface area contributed by atoms with Gasteiger partial charge >= 0.3 is 6.18 Å². The third-order valence-corrected chi connectivity index (χ3v) is 7.13. The molecule has 7 heteroatoms. The van der Waals surface area contributed by atoms with E-state index in [1.165, 1.54) is 18.2 Å². The Hall–Kier alpha value is -2.96. The van der Waals surface area contributed by atoms with Crippen molar-refractivity contribution in [2.75, 3.05) is 0 Å². The van der Waals surface area contributed by atoms with E-state index in [9.17, 15) is 22.4 Å². The molecule has 0 aliphatic heterocycles. The lowest BCUT2D eigenvalue weighted by atomic mass is 9.75. The van der Waals surface area contributed by atoms with Gasteiger partial charge in [0.25, 0.3) is 5.91 Å². The first-order chi connectivity index (χ1) is 15.2. The average Bonchev–Trinajstić information content (AvgIpc) is 3.44. The fraction of sp³-hybridized carbons (Fsp3) is 0.360. The van der Waals surface area contributed by atoms with E-state index in [2.05, 4.69) is 10.3 Å². The molecule has 1 spiro atoms. The van der Waals surface area contributed by atoms with E-state index >= 15 is 0 Å². The molecule has 2 aliphatic rings. The second-order valence-electron chi connectivity index (χ2n) is 9.00. The monoisotopic (exact) mass is 442 g/mol. The Labute approximate surface area is 182 Å². The van der Waals surface area contributed by atoms with Crippen LogP contribution >= 0.6 is 0 Å². The summed E-state index contributed by atoms with van der Waals surface area (Å²) in [6.45, 7) is 0. The van der Waals surface area contributed by atoms with Gasteiger partial charge in [-0.3, -0.25) is 9.78 Å². The topological polar surface area (TPSA) is 42.0 Å². The predicted octanol–water partition coefficient (Wildman–Crippen LogP) is 6.24. The predicted molar refractivity (Wildman–Crippen MR) is 113 cm³/mol. The Morgan fingerprint density at radius 1 is 1.03 bits per heavy atom. The molecule has 32 heavy (non-hydrogen) atoms. The van der Waals surface area contributed by atoms with Crippen molar-refractivity contribution in [3.8, 4) is 0 Å². The van der Waals surface area contributed by atoms with Gasteiger partial charge in [0.15, 0.2) is 0 Å². The Morgan fingerprint density at radius 2 is 1.75 bits per heavy atom. The van der Waals surface area contributed by atoms with Crippen LogP contribution in [0, 0.1) is 11.2 Å². The Morgan fingerprint density at radius 3 is 2.44 bits per heavy atom. The first kappa shape index (κ1) is 20.9. The normalized spacial score (nSPS) is 25.1. The zero-order chi connectivity index (χ0) is 22.5. The number of nitrogens with zero attached hydrogens (tertiary/aromatic N) is 1. The molecule has 2 saturated carbocycles. The van der Waals surface area contributed by atoms with Gasteiger partial charge in [-0.1, -0.05) is 0 Å². The van der Waals surface area contributed by atoms with Gasteiger partial charge in [-0.05, 0) is 97.5 Å². The summed E-state index contributed by atoms with van der Waals surface area (Å²) in [6.07, 6.45) is 2.04. The number of alkyl halides is 3. The van der Waals surface area contributed by atoms with E-state index < -0.39 is 11.7 Å². The van der Waals surface area contributed by atoms with Crippen LogP contribution in [0.5, 0.6) is 0 Å². The number of benzene rings is 2. The fourth-order valence-electron chi connectivity index (χ4n) is 5.16. The van der Waals surface area contributed by atoms with Crippen LogP contribution in [0.2, 0.25) is 0 Å². The number of fused-ring (bicyclic) bond motifs is 1. The fourth-order valence-corrected chi connectivity index (χ4v) is 5.16. The third kappa shape index (κ3) is 3.85. The Bertz CT molecular complexity index is 1160. The van der Waals surface area contributed by atoms with E-state index in [1.807, 2.05) is 6.07 Å². The number of hydrogen-bond acceptors (Lipinski definition) is 2. The van der Waals surface area contributed by atoms with Gasteiger partial charge < -0.3 is 5.32 Å². The lowest BCUT2D eigenvalue weighted by Gasteiger charge is -2.30. The molecule has 2 aliphatic carbocycles. The molecular weight excluding hydrogens is 420 g/mol. The zero-order valence-electron chi connectivity index (χ0n) is 17.3. The molecule has 2 fully saturated rings. The molecule has 3 aromatic rings. The molecule has 1 N–H and O–H groups in total. The van der Waals surface area contributed by atoms with Crippen molar-refractivity contribution in [3.63, 3.8) is 0 Å². The number of nitrogens with one attached hydrogen (secondary N) is 1. The molecule has 0 bridgehead atoms. The van der Waals surface area contributed by atoms with Crippen LogP contribution < -0.4 is 5.32 Å². The average molecular weight is 442 g/mol. The largest absolute Gasteiger partial charge is 0.416 e. The van der Waals surface area contributed by atoms with Crippen LogP contribution in [0.25, 0.3) is 10.9 Å². The lowest BCUT2D eigenvalue weighted by Crippen LogP contribution is -2.31. The minimum atomic E-state index is -4.42. The smallest absolute Gasteiger partial charge is 0.349 e. The van der Waals surface area contributed by atoms with Crippen molar-refractivity contribution in [2.45, 2.75) is 50.2 Å². The SMILES string of the molecule is O=C(N[C@H]1C[C@]12CC[C@H](c1ccnc3ccc(F)cc31)CC2)c1ccc(C(F)(F)F)cc1. The summed E-state index contributed by atoms with van der Waals surface area (Å²) in [4.78, 5) is 16.8. The van der Waals surface area contributed by atoms with E-state index in [-0.39, 0.29) is 28.7 Å².